The number of benzene rings is 2. The second-order valence-corrected chi connectivity index (χ2v) is 12.6. The summed E-state index contributed by atoms with van der Waals surface area (Å²) in [6.07, 6.45) is 12.9. The van der Waals surface area contributed by atoms with E-state index in [1.807, 2.05) is 31.4 Å². The molecule has 1 aliphatic carbocycles. The normalized spacial score (nSPS) is 16.2. The Balaban J connectivity index is 0.000000494. The molecule has 0 atom stereocenters. The second-order valence-electron chi connectivity index (χ2n) is 10.9. The van der Waals surface area contributed by atoms with Crippen LogP contribution in [0.4, 0.5) is 10.1 Å². The number of rotatable bonds is 8. The van der Waals surface area contributed by atoms with Crippen LogP contribution < -0.4 is 4.72 Å². The molecule has 0 amide bonds. The highest BCUT2D eigenvalue weighted by Gasteiger charge is 2.22. The molecule has 206 valence electrons. The first-order valence-electron chi connectivity index (χ1n) is 13.8. The van der Waals surface area contributed by atoms with Crippen LogP contribution in [0.2, 0.25) is 0 Å². The van der Waals surface area contributed by atoms with Crippen LogP contribution in [0, 0.1) is 11.7 Å². The molecule has 0 saturated heterocycles. The third-order valence-electron chi connectivity index (χ3n) is 7.73. The van der Waals surface area contributed by atoms with Gasteiger partial charge >= 0.3 is 0 Å². The monoisotopic (exact) mass is 540 g/mol. The molecular formula is C30H41FN4O2S. The molecule has 0 radical (unpaired) electrons. The number of fused-ring (bicyclic) bond motifs is 1. The highest BCUT2D eigenvalue weighted by Crippen LogP contribution is 2.30. The largest absolute Gasteiger partial charge is 0.296 e. The van der Waals surface area contributed by atoms with Gasteiger partial charge in [-0.1, -0.05) is 44.2 Å². The smallest absolute Gasteiger partial charge is 0.261 e. The molecule has 1 fully saturated rings. The van der Waals surface area contributed by atoms with Gasteiger partial charge in [0, 0.05) is 38.6 Å². The first-order chi connectivity index (χ1) is 18.2. The summed E-state index contributed by atoms with van der Waals surface area (Å²) in [6, 6.07) is 12.5. The van der Waals surface area contributed by atoms with E-state index < -0.39 is 15.8 Å². The van der Waals surface area contributed by atoms with Crippen molar-refractivity contribution >= 4 is 15.7 Å². The predicted octanol–water partition coefficient (Wildman–Crippen LogP) is 6.33. The fourth-order valence-corrected chi connectivity index (χ4v) is 6.52. The maximum absolute atomic E-state index is 14.7. The summed E-state index contributed by atoms with van der Waals surface area (Å²) in [5, 5.41) is 3.83. The Morgan fingerprint density at radius 2 is 1.89 bits per heavy atom. The van der Waals surface area contributed by atoms with Gasteiger partial charge < -0.3 is 0 Å². The fourth-order valence-electron chi connectivity index (χ4n) is 5.40. The standard InChI is InChI=1S/C26H35FN2O2S.C4H6N2/c1-19(2)29-15-14-22-17-24(12-11-23(22)18-29)32(30,31)28-26-13-10-21(16-25(26)27)9-5-8-20-6-3-4-7-20;1-6-4-2-3-5-6/h10-13,16-17,19-20,28H,3-9,14-15,18H2,1-2H3;2-4H,1H3. The van der Waals surface area contributed by atoms with Gasteiger partial charge in [-0.3, -0.25) is 14.3 Å². The molecule has 3 aromatic rings. The van der Waals surface area contributed by atoms with Crippen molar-refractivity contribution in [2.75, 3.05) is 11.3 Å². The highest BCUT2D eigenvalue weighted by atomic mass is 32.2. The van der Waals surface area contributed by atoms with Crippen LogP contribution in [0.3, 0.4) is 0 Å². The van der Waals surface area contributed by atoms with E-state index in [1.165, 1.54) is 38.2 Å². The van der Waals surface area contributed by atoms with E-state index in [1.54, 1.807) is 29.1 Å². The van der Waals surface area contributed by atoms with Crippen molar-refractivity contribution in [2.45, 2.75) is 82.7 Å². The Labute approximate surface area is 227 Å². The number of nitrogens with zero attached hydrogens (tertiary/aromatic N) is 3. The Morgan fingerprint density at radius 1 is 1.11 bits per heavy atom. The van der Waals surface area contributed by atoms with E-state index in [-0.39, 0.29) is 10.6 Å². The topological polar surface area (TPSA) is 67.2 Å². The van der Waals surface area contributed by atoms with Crippen LogP contribution in [0.25, 0.3) is 0 Å². The van der Waals surface area contributed by atoms with Crippen LogP contribution in [0.1, 0.15) is 69.1 Å². The van der Waals surface area contributed by atoms with Crippen molar-refractivity contribution in [3.05, 3.63) is 77.4 Å². The summed E-state index contributed by atoms with van der Waals surface area (Å²) in [5.74, 6) is 0.313. The molecule has 1 aliphatic heterocycles. The van der Waals surface area contributed by atoms with Crippen LogP contribution in [-0.4, -0.2) is 35.7 Å². The SMILES string of the molecule is CC(C)N1CCc2cc(S(=O)(=O)Nc3ccc(CCCC4CCCC4)cc3F)ccc2C1.Cn1cccn1. The minimum absolute atomic E-state index is 0.00764. The van der Waals surface area contributed by atoms with Gasteiger partial charge in [-0.05, 0) is 86.1 Å². The van der Waals surface area contributed by atoms with E-state index in [9.17, 15) is 12.8 Å². The van der Waals surface area contributed by atoms with Crippen molar-refractivity contribution in [1.29, 1.82) is 0 Å². The Morgan fingerprint density at radius 3 is 2.53 bits per heavy atom. The van der Waals surface area contributed by atoms with Crippen molar-refractivity contribution in [2.24, 2.45) is 13.0 Å². The molecule has 2 aromatic carbocycles. The summed E-state index contributed by atoms with van der Waals surface area (Å²) < 4.78 is 44.7. The number of aromatic nitrogens is 2. The minimum Gasteiger partial charge on any atom is -0.296 e. The molecular weight excluding hydrogens is 499 g/mol. The number of nitrogens with one attached hydrogen (secondary N) is 1. The maximum Gasteiger partial charge on any atom is 0.261 e. The van der Waals surface area contributed by atoms with Crippen LogP contribution in [-0.2, 0) is 36.5 Å². The van der Waals surface area contributed by atoms with E-state index >= 15 is 0 Å². The van der Waals surface area contributed by atoms with Gasteiger partial charge in [-0.25, -0.2) is 12.8 Å². The number of anilines is 1. The summed E-state index contributed by atoms with van der Waals surface area (Å²) in [5.41, 5.74) is 3.15. The van der Waals surface area contributed by atoms with E-state index in [4.69, 9.17) is 0 Å². The average molecular weight is 541 g/mol. The zero-order chi connectivity index (χ0) is 27.1. The van der Waals surface area contributed by atoms with Gasteiger partial charge in [0.25, 0.3) is 10.0 Å². The lowest BCUT2D eigenvalue weighted by molar-refractivity contribution is 0.203. The molecule has 8 heteroatoms. The average Bonchev–Trinajstić information content (AvgIpc) is 3.59. The zero-order valence-corrected chi connectivity index (χ0v) is 23.7. The lowest BCUT2D eigenvalue weighted by atomic mass is 9.98. The van der Waals surface area contributed by atoms with Crippen molar-refractivity contribution < 1.29 is 12.8 Å². The van der Waals surface area contributed by atoms with Gasteiger partial charge in [0.2, 0.25) is 0 Å². The van der Waals surface area contributed by atoms with Gasteiger partial charge in [0.05, 0.1) is 10.6 Å². The first kappa shape index (κ1) is 28.3. The van der Waals surface area contributed by atoms with Gasteiger partial charge in [0.15, 0.2) is 0 Å². The van der Waals surface area contributed by atoms with Gasteiger partial charge in [-0.2, -0.15) is 5.10 Å². The molecule has 5 rings (SSSR count). The highest BCUT2D eigenvalue weighted by molar-refractivity contribution is 7.92. The number of halogens is 1. The number of hydrogen-bond acceptors (Lipinski definition) is 4. The molecule has 1 N–H and O–H groups in total. The summed E-state index contributed by atoms with van der Waals surface area (Å²) in [7, 11) is -1.95. The third-order valence-corrected chi connectivity index (χ3v) is 9.09. The minimum atomic E-state index is -3.84. The predicted molar refractivity (Wildman–Crippen MR) is 151 cm³/mol. The quantitative estimate of drug-likeness (QED) is 0.363. The van der Waals surface area contributed by atoms with Crippen molar-refractivity contribution in [1.82, 2.24) is 14.7 Å². The molecule has 1 aromatic heterocycles. The molecule has 2 aliphatic rings. The molecule has 0 spiro atoms. The van der Waals surface area contributed by atoms with E-state index in [2.05, 4.69) is 28.6 Å². The van der Waals surface area contributed by atoms with E-state index in [0.717, 1.165) is 55.0 Å². The first-order valence-corrected chi connectivity index (χ1v) is 15.3. The Hall–Kier alpha value is -2.71. The summed E-state index contributed by atoms with van der Waals surface area (Å²) >= 11 is 0. The lowest BCUT2D eigenvalue weighted by Gasteiger charge is -2.32. The van der Waals surface area contributed by atoms with E-state index in [0.29, 0.717) is 6.04 Å². The molecule has 0 bridgehead atoms. The number of aryl methyl sites for hydroxylation is 2. The molecule has 6 nitrogen and oxygen atoms in total. The Kier molecular flexibility index (Phi) is 9.60. The van der Waals surface area contributed by atoms with Crippen molar-refractivity contribution in [3.63, 3.8) is 0 Å². The number of hydrogen-bond donors (Lipinski definition) is 1. The summed E-state index contributed by atoms with van der Waals surface area (Å²) in [4.78, 5) is 2.56. The fraction of sp³-hybridized carbons (Fsp3) is 0.500. The lowest BCUT2D eigenvalue weighted by Crippen LogP contribution is -2.35. The van der Waals surface area contributed by atoms with Gasteiger partial charge in [0.1, 0.15) is 5.82 Å². The Bertz CT molecular complexity index is 1290. The van der Waals surface area contributed by atoms with Crippen LogP contribution in [0.5, 0.6) is 0 Å². The third kappa shape index (κ3) is 7.67. The molecule has 1 saturated carbocycles. The van der Waals surface area contributed by atoms with Gasteiger partial charge in [-0.15, -0.1) is 0 Å². The summed E-state index contributed by atoms with van der Waals surface area (Å²) in [6.45, 7) is 6.09. The zero-order valence-electron chi connectivity index (χ0n) is 22.9. The molecule has 2 heterocycles. The molecule has 38 heavy (non-hydrogen) atoms. The molecule has 0 unspecified atom stereocenters. The second kappa shape index (κ2) is 12.9. The van der Waals surface area contributed by atoms with Crippen LogP contribution in [0.15, 0.2) is 59.8 Å². The van der Waals surface area contributed by atoms with Crippen LogP contribution >= 0.6 is 0 Å². The number of sulfonamides is 1. The van der Waals surface area contributed by atoms with Crippen molar-refractivity contribution in [3.8, 4) is 0 Å². The maximum atomic E-state index is 14.7.